The number of carbonyl (C=O) groups excluding carboxylic acids is 2. The molecule has 1 atom stereocenters. The third kappa shape index (κ3) is 3.83. The predicted molar refractivity (Wildman–Crippen MR) is 123 cm³/mol. The molecule has 3 aliphatic heterocycles. The van der Waals surface area contributed by atoms with Gasteiger partial charge in [-0.25, -0.2) is 9.97 Å². The maximum Gasteiger partial charge on any atom is 0.253 e. The van der Waals surface area contributed by atoms with Gasteiger partial charge in [-0.05, 0) is 38.1 Å². The largest absolute Gasteiger partial charge is 0.373 e. The lowest BCUT2D eigenvalue weighted by Crippen LogP contribution is -2.30. The summed E-state index contributed by atoms with van der Waals surface area (Å²) in [5.41, 5.74) is 3.76. The molecule has 5 rings (SSSR count). The topological polar surface area (TPSA) is 81.7 Å². The second-order valence-corrected chi connectivity index (χ2v) is 9.03. The monoisotopic (exact) mass is 434 g/mol. The Kier molecular flexibility index (Phi) is 5.55. The summed E-state index contributed by atoms with van der Waals surface area (Å²) in [6.45, 7) is 3.89. The van der Waals surface area contributed by atoms with Crippen LogP contribution < -0.4 is 10.2 Å². The van der Waals surface area contributed by atoms with E-state index < -0.39 is 0 Å². The number of nitrogens with one attached hydrogen (secondary N) is 1. The first kappa shape index (κ1) is 20.9. The Morgan fingerprint density at radius 1 is 1.16 bits per heavy atom. The van der Waals surface area contributed by atoms with Crippen LogP contribution in [0.1, 0.15) is 52.6 Å². The summed E-state index contributed by atoms with van der Waals surface area (Å²) in [4.78, 5) is 41.0. The van der Waals surface area contributed by atoms with Gasteiger partial charge in [0.1, 0.15) is 11.6 Å². The number of aromatic nitrogens is 2. The number of hydrogen-bond donors (Lipinski definition) is 1. The molecule has 4 heterocycles. The van der Waals surface area contributed by atoms with Crippen molar-refractivity contribution >= 4 is 23.3 Å². The van der Waals surface area contributed by atoms with Gasteiger partial charge in [-0.3, -0.25) is 9.59 Å². The maximum absolute atomic E-state index is 13.2. The Hall–Kier alpha value is -3.00. The molecule has 2 aromatic rings. The number of likely N-dealkylation sites (tertiary alicyclic amines) is 1. The van der Waals surface area contributed by atoms with Crippen molar-refractivity contribution in [2.45, 2.75) is 38.1 Å². The average molecular weight is 435 g/mol. The zero-order valence-electron chi connectivity index (χ0n) is 18.8. The minimum Gasteiger partial charge on any atom is -0.373 e. The number of carbonyl (C=O) groups is 2. The molecule has 8 nitrogen and oxygen atoms in total. The van der Waals surface area contributed by atoms with Crippen LogP contribution in [0.25, 0.3) is 0 Å². The molecule has 1 N–H and O–H groups in total. The van der Waals surface area contributed by atoms with Gasteiger partial charge in [0.2, 0.25) is 5.91 Å². The second-order valence-electron chi connectivity index (χ2n) is 9.03. The highest BCUT2D eigenvalue weighted by Crippen LogP contribution is 2.31. The Labute approximate surface area is 188 Å². The van der Waals surface area contributed by atoms with Gasteiger partial charge in [0.25, 0.3) is 5.91 Å². The molecule has 8 heteroatoms. The Morgan fingerprint density at radius 3 is 2.81 bits per heavy atom. The molecule has 0 spiro atoms. The second kappa shape index (κ2) is 8.50. The van der Waals surface area contributed by atoms with Gasteiger partial charge in [-0.1, -0.05) is 6.07 Å². The molecule has 1 aromatic heterocycles. The quantitative estimate of drug-likeness (QED) is 0.795. The standard InChI is InChI=1S/C24H30N6O2/c1-25-23-19-15-28(2)11-9-20(19)26-22(27-23)17-8-12-29(14-17)24(32)16-5-3-6-18(13-16)30-10-4-7-21(30)31/h3,5-6,13,17H,4,7-12,14-15H2,1-2H3,(H,25,26,27)/t17-/m1/s1. The lowest BCUT2D eigenvalue weighted by atomic mass is 10.0. The van der Waals surface area contributed by atoms with Crippen molar-refractivity contribution in [3.05, 3.63) is 46.9 Å². The zero-order chi connectivity index (χ0) is 22.2. The average Bonchev–Trinajstić information content (AvgIpc) is 3.47. The fraction of sp³-hybridized carbons (Fsp3) is 0.500. The Bertz CT molecular complexity index is 1040. The summed E-state index contributed by atoms with van der Waals surface area (Å²) in [5, 5.41) is 3.25. The highest BCUT2D eigenvalue weighted by Gasteiger charge is 2.32. The third-order valence-electron chi connectivity index (χ3n) is 6.82. The first-order chi connectivity index (χ1) is 15.5. The molecule has 1 aromatic carbocycles. The summed E-state index contributed by atoms with van der Waals surface area (Å²) >= 11 is 0. The molecule has 0 saturated carbocycles. The van der Waals surface area contributed by atoms with Crippen molar-refractivity contribution in [3.63, 3.8) is 0 Å². The molecule has 2 amide bonds. The van der Waals surface area contributed by atoms with E-state index in [1.807, 2.05) is 36.2 Å². The van der Waals surface area contributed by atoms with E-state index in [0.29, 0.717) is 25.1 Å². The smallest absolute Gasteiger partial charge is 0.253 e. The van der Waals surface area contributed by atoms with E-state index in [2.05, 4.69) is 17.3 Å². The van der Waals surface area contributed by atoms with Crippen LogP contribution >= 0.6 is 0 Å². The number of rotatable bonds is 4. The summed E-state index contributed by atoms with van der Waals surface area (Å²) in [6.07, 6.45) is 3.24. The summed E-state index contributed by atoms with van der Waals surface area (Å²) in [6, 6.07) is 7.46. The molecule has 32 heavy (non-hydrogen) atoms. The SMILES string of the molecule is CNc1nc([C@@H]2CCN(C(=O)c3cccc(N4CCCC4=O)c3)C2)nc2c1CN(C)CC2. The highest BCUT2D eigenvalue weighted by molar-refractivity contribution is 5.99. The van der Waals surface area contributed by atoms with Crippen LogP contribution in [0.4, 0.5) is 11.5 Å². The summed E-state index contributed by atoms with van der Waals surface area (Å²) in [7, 11) is 4.02. The third-order valence-corrected chi connectivity index (χ3v) is 6.82. The van der Waals surface area contributed by atoms with Crippen molar-refractivity contribution in [2.75, 3.05) is 50.5 Å². The van der Waals surface area contributed by atoms with E-state index in [-0.39, 0.29) is 17.7 Å². The normalized spacial score (nSPS) is 21.2. The first-order valence-corrected chi connectivity index (χ1v) is 11.5. The maximum atomic E-state index is 13.2. The Morgan fingerprint density at radius 2 is 2.03 bits per heavy atom. The van der Waals surface area contributed by atoms with E-state index in [0.717, 1.165) is 61.9 Å². The van der Waals surface area contributed by atoms with Crippen LogP contribution in [0.2, 0.25) is 0 Å². The number of nitrogens with zero attached hydrogens (tertiary/aromatic N) is 5. The van der Waals surface area contributed by atoms with Crippen molar-refractivity contribution in [2.24, 2.45) is 0 Å². The van der Waals surface area contributed by atoms with Gasteiger partial charge in [0, 0.05) is 75.3 Å². The number of hydrogen-bond acceptors (Lipinski definition) is 6. The van der Waals surface area contributed by atoms with Crippen molar-refractivity contribution in [1.82, 2.24) is 19.8 Å². The van der Waals surface area contributed by atoms with Crippen molar-refractivity contribution in [3.8, 4) is 0 Å². The molecule has 0 radical (unpaired) electrons. The molecule has 3 aliphatic rings. The molecule has 2 fully saturated rings. The van der Waals surface area contributed by atoms with Crippen LogP contribution in [0, 0.1) is 0 Å². The zero-order valence-corrected chi connectivity index (χ0v) is 18.8. The van der Waals surface area contributed by atoms with Crippen LogP contribution in [-0.4, -0.2) is 71.9 Å². The van der Waals surface area contributed by atoms with E-state index in [9.17, 15) is 9.59 Å². The van der Waals surface area contributed by atoms with Crippen LogP contribution in [0.15, 0.2) is 24.3 Å². The summed E-state index contributed by atoms with van der Waals surface area (Å²) in [5.74, 6) is 2.02. The van der Waals surface area contributed by atoms with Crippen LogP contribution in [-0.2, 0) is 17.8 Å². The van der Waals surface area contributed by atoms with E-state index in [4.69, 9.17) is 9.97 Å². The predicted octanol–water partition coefficient (Wildman–Crippen LogP) is 2.26. The van der Waals surface area contributed by atoms with Crippen molar-refractivity contribution in [1.29, 1.82) is 0 Å². The molecule has 2 saturated heterocycles. The van der Waals surface area contributed by atoms with E-state index in [1.165, 1.54) is 5.56 Å². The lowest BCUT2D eigenvalue weighted by molar-refractivity contribution is -0.117. The van der Waals surface area contributed by atoms with Gasteiger partial charge >= 0.3 is 0 Å². The highest BCUT2D eigenvalue weighted by atomic mass is 16.2. The lowest BCUT2D eigenvalue weighted by Gasteiger charge is -2.26. The first-order valence-electron chi connectivity index (χ1n) is 11.5. The minimum absolute atomic E-state index is 0.00872. The Balaban J connectivity index is 1.33. The van der Waals surface area contributed by atoms with Gasteiger partial charge in [0.15, 0.2) is 0 Å². The summed E-state index contributed by atoms with van der Waals surface area (Å²) < 4.78 is 0. The molecule has 168 valence electrons. The van der Waals surface area contributed by atoms with Crippen molar-refractivity contribution < 1.29 is 9.59 Å². The van der Waals surface area contributed by atoms with Crippen LogP contribution in [0.3, 0.4) is 0 Å². The molecule has 0 aliphatic carbocycles. The fourth-order valence-corrected chi connectivity index (χ4v) is 5.02. The number of fused-ring (bicyclic) bond motifs is 1. The molecular weight excluding hydrogens is 404 g/mol. The van der Waals surface area contributed by atoms with Crippen LogP contribution in [0.5, 0.6) is 0 Å². The van der Waals surface area contributed by atoms with Gasteiger partial charge in [-0.15, -0.1) is 0 Å². The fourth-order valence-electron chi connectivity index (χ4n) is 5.02. The van der Waals surface area contributed by atoms with E-state index >= 15 is 0 Å². The molecular formula is C24H30N6O2. The van der Waals surface area contributed by atoms with E-state index in [1.54, 1.807) is 4.90 Å². The number of amides is 2. The minimum atomic E-state index is 0.00872. The molecule has 0 bridgehead atoms. The molecule has 0 unspecified atom stereocenters. The van der Waals surface area contributed by atoms with Gasteiger partial charge in [-0.2, -0.15) is 0 Å². The van der Waals surface area contributed by atoms with Gasteiger partial charge < -0.3 is 20.0 Å². The number of benzene rings is 1. The number of anilines is 2. The number of likely N-dealkylation sites (N-methyl/N-ethyl adjacent to an activating group) is 1. The van der Waals surface area contributed by atoms with Gasteiger partial charge in [0.05, 0.1) is 5.69 Å².